The zero-order chi connectivity index (χ0) is 26.1. The number of aldehydes is 1. The first-order chi connectivity index (χ1) is 16.4. The lowest BCUT2D eigenvalue weighted by Crippen LogP contribution is -2.58. The molecule has 1 heterocycles. The first kappa shape index (κ1) is 26.5. The molecule has 4 atom stereocenters. The molecule has 12 heteroatoms. The van der Waals surface area contributed by atoms with Crippen LogP contribution in [-0.2, 0) is 9.59 Å². The third-order valence-electron chi connectivity index (χ3n) is 5.90. The van der Waals surface area contributed by atoms with Crippen LogP contribution in [0.3, 0.4) is 0 Å². The van der Waals surface area contributed by atoms with Crippen molar-refractivity contribution in [1.82, 2.24) is 10.2 Å². The Morgan fingerprint density at radius 1 is 1.31 bits per heavy atom. The number of halogens is 3. The molecule has 0 saturated heterocycles. The van der Waals surface area contributed by atoms with Crippen LogP contribution in [0.15, 0.2) is 23.8 Å². The lowest BCUT2D eigenvalue weighted by molar-refractivity contribution is -0.172. The molecule has 1 aliphatic carbocycles. The van der Waals surface area contributed by atoms with Crippen molar-refractivity contribution in [3.8, 4) is 11.5 Å². The number of methoxy groups -OCH3 is 1. The number of ether oxygens (including phenoxy) is 2. The Balaban J connectivity index is 2.17. The van der Waals surface area contributed by atoms with Crippen molar-refractivity contribution in [3.63, 3.8) is 0 Å². The molecule has 192 valence electrons. The quantitative estimate of drug-likeness (QED) is 0.458. The lowest BCUT2D eigenvalue weighted by Gasteiger charge is -2.41. The summed E-state index contributed by atoms with van der Waals surface area (Å²) >= 11 is 0. The molecule has 0 spiro atoms. The number of benzene rings is 1. The van der Waals surface area contributed by atoms with Gasteiger partial charge in [-0.2, -0.15) is 13.2 Å². The maximum Gasteiger partial charge on any atom is 0.406 e. The number of rotatable bonds is 8. The van der Waals surface area contributed by atoms with Crippen molar-refractivity contribution in [2.45, 2.75) is 44.2 Å². The summed E-state index contributed by atoms with van der Waals surface area (Å²) in [5.41, 5.74) is 0.466. The van der Waals surface area contributed by atoms with Gasteiger partial charge in [-0.05, 0) is 18.2 Å². The van der Waals surface area contributed by atoms with E-state index in [1.807, 2.05) is 0 Å². The second-order valence-electron chi connectivity index (χ2n) is 8.64. The van der Waals surface area contributed by atoms with E-state index in [9.17, 15) is 32.7 Å². The van der Waals surface area contributed by atoms with Gasteiger partial charge < -0.3 is 29.9 Å². The number of hydrogen-bond acceptors (Lipinski definition) is 7. The minimum absolute atomic E-state index is 0.0636. The predicted octanol–water partition coefficient (Wildman–Crippen LogP) is 1.18. The van der Waals surface area contributed by atoms with Crippen molar-refractivity contribution in [2.24, 2.45) is 5.92 Å². The number of hydrogen-bond donors (Lipinski definition) is 3. The van der Waals surface area contributed by atoms with E-state index in [1.54, 1.807) is 0 Å². The second kappa shape index (κ2) is 10.2. The Bertz CT molecular complexity index is 1030. The predicted molar refractivity (Wildman–Crippen MR) is 116 cm³/mol. The molecule has 1 aromatic rings. The highest BCUT2D eigenvalue weighted by molar-refractivity contribution is 5.96. The maximum atomic E-state index is 13.4. The molecule has 1 aromatic carbocycles. The summed E-state index contributed by atoms with van der Waals surface area (Å²) < 4.78 is 51.4. The fourth-order valence-electron chi connectivity index (χ4n) is 4.41. The molecule has 35 heavy (non-hydrogen) atoms. The molecule has 3 rings (SSSR count). The number of alkyl halides is 3. The summed E-state index contributed by atoms with van der Waals surface area (Å²) in [6, 6.07) is 1.30. The number of amides is 2. The van der Waals surface area contributed by atoms with Gasteiger partial charge in [-0.3, -0.25) is 14.4 Å². The van der Waals surface area contributed by atoms with E-state index in [-0.39, 0.29) is 35.8 Å². The molecule has 0 radical (unpaired) electrons. The molecule has 0 aromatic heterocycles. The zero-order valence-corrected chi connectivity index (χ0v) is 19.3. The van der Waals surface area contributed by atoms with Gasteiger partial charge >= 0.3 is 6.18 Å². The Morgan fingerprint density at radius 3 is 2.54 bits per heavy atom. The van der Waals surface area contributed by atoms with Crippen LogP contribution in [0.1, 0.15) is 35.7 Å². The average Bonchev–Trinajstić information content (AvgIpc) is 3.19. The fraction of sp³-hybridized carbons (Fsp3) is 0.522. The van der Waals surface area contributed by atoms with Gasteiger partial charge in [0.05, 0.1) is 25.7 Å². The summed E-state index contributed by atoms with van der Waals surface area (Å²) in [5, 5.41) is 22.7. The summed E-state index contributed by atoms with van der Waals surface area (Å²) in [6.45, 7) is 0.688. The highest BCUT2D eigenvalue weighted by Gasteiger charge is 2.52. The van der Waals surface area contributed by atoms with Crippen molar-refractivity contribution >= 4 is 18.1 Å². The van der Waals surface area contributed by atoms with E-state index in [0.717, 1.165) is 6.08 Å². The number of carbonyl (C=O) groups excluding carboxylic acids is 3. The molecule has 4 unspecified atom stereocenters. The van der Waals surface area contributed by atoms with Crippen molar-refractivity contribution in [1.29, 1.82) is 0 Å². The highest BCUT2D eigenvalue weighted by Crippen LogP contribution is 2.51. The topological polar surface area (TPSA) is 125 Å². The van der Waals surface area contributed by atoms with Gasteiger partial charge in [-0.1, -0.05) is 13.8 Å². The van der Waals surface area contributed by atoms with Crippen molar-refractivity contribution in [2.75, 3.05) is 26.8 Å². The number of nitrogens with zero attached hydrogens (tertiary/aromatic N) is 1. The minimum atomic E-state index is -4.77. The van der Waals surface area contributed by atoms with Gasteiger partial charge in [0.2, 0.25) is 11.8 Å². The van der Waals surface area contributed by atoms with Crippen LogP contribution in [0.5, 0.6) is 11.5 Å². The molecular weight excluding hydrogens is 473 g/mol. The molecule has 0 saturated carbocycles. The third kappa shape index (κ3) is 5.27. The number of nitrogens with one attached hydrogen (secondary N) is 1. The highest BCUT2D eigenvalue weighted by atomic mass is 19.4. The molecule has 0 bridgehead atoms. The van der Waals surface area contributed by atoms with Crippen LogP contribution in [0.4, 0.5) is 13.2 Å². The van der Waals surface area contributed by atoms with Crippen molar-refractivity contribution < 1.29 is 47.2 Å². The Hall–Kier alpha value is -3.12. The minimum Gasteiger partial charge on any atom is -0.493 e. The van der Waals surface area contributed by atoms with E-state index in [4.69, 9.17) is 14.6 Å². The van der Waals surface area contributed by atoms with Crippen molar-refractivity contribution in [3.05, 3.63) is 34.9 Å². The Morgan fingerprint density at radius 2 is 2.00 bits per heavy atom. The largest absolute Gasteiger partial charge is 0.493 e. The Kier molecular flexibility index (Phi) is 7.75. The van der Waals surface area contributed by atoms with Gasteiger partial charge in [0.15, 0.2) is 11.5 Å². The third-order valence-corrected chi connectivity index (χ3v) is 5.90. The standard InChI is InChI=1S/C23H27F3N2O7/c1-11(2)22(33)28(10-23(24,25)26)15-8-14(21(32)27-4-5-29)17-13-6-12(9-30)7-16(34-3)19(13)35-20(17)18(15)31/h6-9,11,15,17-18,20,29,31H,4-5,10H2,1-3H3,(H,27,32). The molecule has 2 aliphatic rings. The summed E-state index contributed by atoms with van der Waals surface area (Å²) in [5.74, 6) is -3.10. The van der Waals surface area contributed by atoms with Gasteiger partial charge in [0.1, 0.15) is 25.0 Å². The van der Waals surface area contributed by atoms with Gasteiger partial charge in [0, 0.05) is 29.2 Å². The normalized spacial score (nSPS) is 23.1. The average molecular weight is 500 g/mol. The van der Waals surface area contributed by atoms with Crippen LogP contribution in [-0.4, -0.2) is 84.4 Å². The summed E-state index contributed by atoms with van der Waals surface area (Å²) in [4.78, 5) is 37.7. The van der Waals surface area contributed by atoms with Gasteiger partial charge in [-0.25, -0.2) is 0 Å². The van der Waals surface area contributed by atoms with Crippen LogP contribution in [0, 0.1) is 5.92 Å². The van der Waals surface area contributed by atoms with Crippen LogP contribution in [0.2, 0.25) is 0 Å². The number of aliphatic hydroxyl groups excluding tert-OH is 2. The van der Waals surface area contributed by atoms with Gasteiger partial charge in [0.25, 0.3) is 0 Å². The van der Waals surface area contributed by atoms with Crippen LogP contribution in [0.25, 0.3) is 0 Å². The monoisotopic (exact) mass is 500 g/mol. The van der Waals surface area contributed by atoms with E-state index in [1.165, 1.54) is 33.1 Å². The molecule has 2 amide bonds. The second-order valence-corrected chi connectivity index (χ2v) is 8.64. The maximum absolute atomic E-state index is 13.4. The number of aliphatic hydroxyl groups is 2. The van der Waals surface area contributed by atoms with E-state index in [2.05, 4.69) is 5.32 Å². The molecule has 3 N–H and O–H groups in total. The molecule has 1 aliphatic heterocycles. The van der Waals surface area contributed by atoms with Crippen LogP contribution >= 0.6 is 0 Å². The first-order valence-corrected chi connectivity index (χ1v) is 10.9. The lowest BCUT2D eigenvalue weighted by atomic mass is 9.77. The first-order valence-electron chi connectivity index (χ1n) is 10.9. The summed E-state index contributed by atoms with van der Waals surface area (Å²) in [7, 11) is 1.33. The number of carbonyl (C=O) groups is 3. The SMILES string of the molecule is COc1cc(C=O)cc2c1OC1C2C(C(=O)NCCO)=CC(N(CC(F)(F)F)C(=O)C(C)C)C1O. The van der Waals surface area contributed by atoms with E-state index < -0.39 is 54.6 Å². The van der Waals surface area contributed by atoms with E-state index in [0.29, 0.717) is 16.7 Å². The molecule has 0 fully saturated rings. The van der Waals surface area contributed by atoms with E-state index >= 15 is 0 Å². The molecule has 9 nitrogen and oxygen atoms in total. The summed E-state index contributed by atoms with van der Waals surface area (Å²) in [6.07, 6.45) is -5.98. The Labute approximate surface area is 199 Å². The molecular formula is C23H27F3N2O7. The van der Waals surface area contributed by atoms with Gasteiger partial charge in [-0.15, -0.1) is 0 Å². The number of fused-ring (bicyclic) bond motifs is 3. The zero-order valence-electron chi connectivity index (χ0n) is 19.3. The smallest absolute Gasteiger partial charge is 0.406 e. The van der Waals surface area contributed by atoms with Crippen LogP contribution < -0.4 is 14.8 Å². The fourth-order valence-corrected chi connectivity index (χ4v) is 4.41.